The van der Waals surface area contributed by atoms with Gasteiger partial charge < -0.3 is 5.73 Å². The standard InChI is InChI=1S/C7H5F2N/c8-5-1-3-6(9)7(10)4-2-5/h2,4-5H,10H2. The van der Waals surface area contributed by atoms with E-state index < -0.39 is 12.0 Å². The highest BCUT2D eigenvalue weighted by atomic mass is 19.1. The zero-order valence-corrected chi connectivity index (χ0v) is 5.07. The SMILES string of the molecule is NC1=C(F)C#CC(F)C=C1. The smallest absolute Gasteiger partial charge is 0.196 e. The third kappa shape index (κ3) is 1.35. The Kier molecular flexibility index (Phi) is 1.72. The van der Waals surface area contributed by atoms with Gasteiger partial charge in [-0.15, -0.1) is 0 Å². The van der Waals surface area contributed by atoms with E-state index in [0.29, 0.717) is 0 Å². The molecule has 0 aromatic rings. The minimum Gasteiger partial charge on any atom is -0.396 e. The van der Waals surface area contributed by atoms with Gasteiger partial charge in [-0.25, -0.2) is 4.39 Å². The van der Waals surface area contributed by atoms with Crippen LogP contribution in [0.1, 0.15) is 0 Å². The minimum atomic E-state index is -1.41. The van der Waals surface area contributed by atoms with E-state index in [1.807, 2.05) is 11.8 Å². The van der Waals surface area contributed by atoms with Gasteiger partial charge in [0.05, 0.1) is 5.70 Å². The van der Waals surface area contributed by atoms with Crippen LogP contribution in [0.4, 0.5) is 8.78 Å². The summed E-state index contributed by atoms with van der Waals surface area (Å²) in [5.41, 5.74) is 4.97. The summed E-state index contributed by atoms with van der Waals surface area (Å²) in [6.07, 6.45) is 0.855. The summed E-state index contributed by atoms with van der Waals surface area (Å²) in [6.45, 7) is 0. The second-order valence-corrected chi connectivity index (χ2v) is 1.80. The van der Waals surface area contributed by atoms with Gasteiger partial charge in [0.15, 0.2) is 12.0 Å². The lowest BCUT2D eigenvalue weighted by atomic mass is 10.3. The Labute approximate surface area is 57.2 Å². The fourth-order valence-electron chi connectivity index (χ4n) is 0.514. The molecular formula is C7H5F2N. The van der Waals surface area contributed by atoms with Crippen LogP contribution in [0.3, 0.4) is 0 Å². The number of hydrogen-bond donors (Lipinski definition) is 1. The summed E-state index contributed by atoms with van der Waals surface area (Å²) >= 11 is 0. The molecule has 1 aliphatic rings. The van der Waals surface area contributed by atoms with Gasteiger partial charge in [-0.3, -0.25) is 0 Å². The molecule has 1 unspecified atom stereocenters. The molecule has 0 aromatic carbocycles. The van der Waals surface area contributed by atoms with Gasteiger partial charge in [-0.05, 0) is 18.1 Å². The molecule has 0 bridgehead atoms. The molecule has 1 rings (SSSR count). The lowest BCUT2D eigenvalue weighted by Gasteiger charge is -1.87. The third-order valence-electron chi connectivity index (χ3n) is 1.02. The fourth-order valence-corrected chi connectivity index (χ4v) is 0.514. The largest absolute Gasteiger partial charge is 0.396 e. The highest BCUT2D eigenvalue weighted by Crippen LogP contribution is 2.06. The van der Waals surface area contributed by atoms with Crippen LogP contribution in [0.15, 0.2) is 23.7 Å². The molecule has 1 atom stereocenters. The predicted octanol–water partition coefficient (Wildman–Crippen LogP) is 1.04. The first kappa shape index (κ1) is 6.81. The van der Waals surface area contributed by atoms with E-state index >= 15 is 0 Å². The molecule has 0 aromatic heterocycles. The van der Waals surface area contributed by atoms with E-state index in [9.17, 15) is 8.78 Å². The van der Waals surface area contributed by atoms with Crippen LogP contribution in [0.25, 0.3) is 0 Å². The number of halogens is 2. The van der Waals surface area contributed by atoms with E-state index in [1.54, 1.807) is 0 Å². The van der Waals surface area contributed by atoms with Gasteiger partial charge in [0.25, 0.3) is 0 Å². The van der Waals surface area contributed by atoms with E-state index in [2.05, 4.69) is 0 Å². The van der Waals surface area contributed by atoms with E-state index in [4.69, 9.17) is 5.73 Å². The molecule has 0 fully saturated rings. The minimum absolute atomic E-state index is 0.118. The van der Waals surface area contributed by atoms with E-state index in [-0.39, 0.29) is 5.70 Å². The van der Waals surface area contributed by atoms with Crippen molar-refractivity contribution in [2.24, 2.45) is 5.73 Å². The molecule has 0 saturated heterocycles. The maximum atomic E-state index is 12.4. The van der Waals surface area contributed by atoms with Crippen LogP contribution in [0.5, 0.6) is 0 Å². The number of allylic oxidation sites excluding steroid dienone is 3. The summed E-state index contributed by atoms with van der Waals surface area (Å²) in [6, 6.07) is 0. The molecule has 0 spiro atoms. The number of alkyl halides is 1. The maximum Gasteiger partial charge on any atom is 0.196 e. The quantitative estimate of drug-likeness (QED) is 0.501. The van der Waals surface area contributed by atoms with Gasteiger partial charge in [0.1, 0.15) is 0 Å². The second kappa shape index (κ2) is 2.53. The summed E-state index contributed by atoms with van der Waals surface area (Å²) in [7, 11) is 0. The first-order valence-corrected chi connectivity index (χ1v) is 2.69. The average molecular weight is 141 g/mol. The highest BCUT2D eigenvalue weighted by Gasteiger charge is 2.02. The topological polar surface area (TPSA) is 26.0 Å². The molecule has 10 heavy (non-hydrogen) atoms. The van der Waals surface area contributed by atoms with Crippen molar-refractivity contribution in [3.05, 3.63) is 23.7 Å². The van der Waals surface area contributed by atoms with Gasteiger partial charge in [0, 0.05) is 0 Å². The molecule has 52 valence electrons. The van der Waals surface area contributed by atoms with Crippen LogP contribution in [0.2, 0.25) is 0 Å². The van der Waals surface area contributed by atoms with Crippen molar-refractivity contribution in [1.29, 1.82) is 0 Å². The van der Waals surface area contributed by atoms with Gasteiger partial charge in [-0.1, -0.05) is 5.92 Å². The van der Waals surface area contributed by atoms with Crippen LogP contribution in [0, 0.1) is 11.8 Å². The zero-order chi connectivity index (χ0) is 7.56. The van der Waals surface area contributed by atoms with Crippen molar-refractivity contribution in [3.63, 3.8) is 0 Å². The lowest BCUT2D eigenvalue weighted by molar-refractivity contribution is 0.482. The molecule has 1 nitrogen and oxygen atoms in total. The Morgan fingerprint density at radius 2 is 2.30 bits per heavy atom. The van der Waals surface area contributed by atoms with Crippen molar-refractivity contribution < 1.29 is 8.78 Å². The Morgan fingerprint density at radius 1 is 1.60 bits per heavy atom. The zero-order valence-electron chi connectivity index (χ0n) is 5.07. The summed E-state index contributed by atoms with van der Waals surface area (Å²) in [4.78, 5) is 0. The van der Waals surface area contributed by atoms with Crippen LogP contribution in [-0.2, 0) is 0 Å². The number of hydrogen-bond acceptors (Lipinski definition) is 1. The molecule has 0 radical (unpaired) electrons. The Bertz CT molecular complexity index is 255. The molecule has 0 amide bonds. The van der Waals surface area contributed by atoms with E-state index in [1.165, 1.54) is 0 Å². The van der Waals surface area contributed by atoms with Crippen molar-refractivity contribution in [1.82, 2.24) is 0 Å². The third-order valence-corrected chi connectivity index (χ3v) is 1.02. The molecule has 0 saturated carbocycles. The Morgan fingerprint density at radius 3 is 3.00 bits per heavy atom. The molecule has 2 N–H and O–H groups in total. The normalized spacial score (nSPS) is 23.6. The molecule has 0 aliphatic heterocycles. The van der Waals surface area contributed by atoms with Crippen LogP contribution < -0.4 is 5.73 Å². The van der Waals surface area contributed by atoms with Crippen molar-refractivity contribution in [2.45, 2.75) is 6.17 Å². The highest BCUT2D eigenvalue weighted by molar-refractivity contribution is 5.37. The summed E-state index contributed by atoms with van der Waals surface area (Å²) in [5, 5.41) is 0. The molecular weight excluding hydrogens is 136 g/mol. The molecule has 3 heteroatoms. The summed E-state index contributed by atoms with van der Waals surface area (Å²) in [5.74, 6) is 3.19. The average Bonchev–Trinajstić information content (AvgIpc) is 2.04. The first-order chi connectivity index (χ1) is 4.70. The number of nitrogens with two attached hydrogens (primary N) is 1. The van der Waals surface area contributed by atoms with Crippen LogP contribution in [-0.4, -0.2) is 6.17 Å². The van der Waals surface area contributed by atoms with Gasteiger partial charge in [-0.2, -0.15) is 4.39 Å². The predicted molar refractivity (Wildman–Crippen MR) is 34.1 cm³/mol. The monoisotopic (exact) mass is 141 g/mol. The first-order valence-electron chi connectivity index (χ1n) is 2.69. The van der Waals surface area contributed by atoms with Crippen molar-refractivity contribution in [2.75, 3.05) is 0 Å². The van der Waals surface area contributed by atoms with Gasteiger partial charge >= 0.3 is 0 Å². The molecule has 0 heterocycles. The van der Waals surface area contributed by atoms with Crippen molar-refractivity contribution in [3.8, 4) is 11.8 Å². The molecule has 1 aliphatic carbocycles. The van der Waals surface area contributed by atoms with Crippen molar-refractivity contribution >= 4 is 0 Å². The fraction of sp³-hybridized carbons (Fsp3) is 0.143. The lowest BCUT2D eigenvalue weighted by Crippen LogP contribution is -1.94. The van der Waals surface area contributed by atoms with Crippen LogP contribution >= 0.6 is 0 Å². The van der Waals surface area contributed by atoms with E-state index in [0.717, 1.165) is 12.2 Å². The number of rotatable bonds is 0. The summed E-state index contributed by atoms with van der Waals surface area (Å²) < 4.78 is 24.7. The Hall–Kier alpha value is -1.30. The maximum absolute atomic E-state index is 12.4. The Balaban J connectivity index is 2.98. The second-order valence-electron chi connectivity index (χ2n) is 1.80. The van der Waals surface area contributed by atoms with Gasteiger partial charge in [0.2, 0.25) is 0 Å².